The number of nitrogens with zero attached hydrogens (tertiary/aromatic N) is 2. The molecule has 2 heterocycles. The number of amides is 1. The molecular formula is C14H20N2O4. The highest BCUT2D eigenvalue weighted by Crippen LogP contribution is 2.14. The largest absolute Gasteiger partial charge is 0.508 e. The van der Waals surface area contributed by atoms with Crippen LogP contribution >= 0.6 is 0 Å². The minimum Gasteiger partial charge on any atom is -0.438 e. The van der Waals surface area contributed by atoms with Crippen molar-refractivity contribution in [3.63, 3.8) is 0 Å². The molecule has 0 spiro atoms. The minimum atomic E-state index is -0.815. The standard InChI is InChI=1S/C14H20N2O4/c1-19-14(18)20-12-6-11-16(13(12)17)10-5-4-9-15-7-2-3-8-15/h12H,2-3,6-11H2,1H3/t12-/m1/s1. The van der Waals surface area contributed by atoms with E-state index in [4.69, 9.17) is 4.74 Å². The van der Waals surface area contributed by atoms with Gasteiger partial charge in [0, 0.05) is 13.0 Å². The lowest BCUT2D eigenvalue weighted by molar-refractivity contribution is -0.135. The summed E-state index contributed by atoms with van der Waals surface area (Å²) in [5.74, 6) is 5.92. The van der Waals surface area contributed by atoms with Crippen LogP contribution in [-0.4, -0.2) is 67.8 Å². The highest BCUT2D eigenvalue weighted by Gasteiger charge is 2.34. The number of rotatable bonds is 3. The fourth-order valence-corrected chi connectivity index (χ4v) is 2.40. The summed E-state index contributed by atoms with van der Waals surface area (Å²) in [7, 11) is 1.23. The summed E-state index contributed by atoms with van der Waals surface area (Å²) < 4.78 is 9.27. The first-order chi connectivity index (χ1) is 9.70. The normalized spacial score (nSPS) is 22.6. The van der Waals surface area contributed by atoms with Gasteiger partial charge in [0.25, 0.3) is 5.91 Å². The van der Waals surface area contributed by atoms with Gasteiger partial charge < -0.3 is 14.4 Å². The van der Waals surface area contributed by atoms with Crippen molar-refractivity contribution >= 4 is 12.1 Å². The van der Waals surface area contributed by atoms with E-state index in [-0.39, 0.29) is 5.91 Å². The van der Waals surface area contributed by atoms with Crippen LogP contribution in [0.4, 0.5) is 4.79 Å². The van der Waals surface area contributed by atoms with Gasteiger partial charge in [-0.05, 0) is 25.9 Å². The topological polar surface area (TPSA) is 59.1 Å². The zero-order valence-corrected chi connectivity index (χ0v) is 11.8. The number of ether oxygens (including phenoxy) is 2. The van der Waals surface area contributed by atoms with E-state index in [2.05, 4.69) is 21.5 Å². The van der Waals surface area contributed by atoms with E-state index < -0.39 is 12.3 Å². The quantitative estimate of drug-likeness (QED) is 0.555. The van der Waals surface area contributed by atoms with Crippen molar-refractivity contribution in [1.82, 2.24) is 9.80 Å². The Balaban J connectivity index is 1.72. The molecule has 2 aliphatic rings. The second-order valence-corrected chi connectivity index (χ2v) is 4.95. The third kappa shape index (κ3) is 3.87. The van der Waals surface area contributed by atoms with Gasteiger partial charge in [-0.2, -0.15) is 0 Å². The van der Waals surface area contributed by atoms with Crippen molar-refractivity contribution in [1.29, 1.82) is 0 Å². The van der Waals surface area contributed by atoms with E-state index in [9.17, 15) is 9.59 Å². The maximum Gasteiger partial charge on any atom is 0.508 e. The van der Waals surface area contributed by atoms with Gasteiger partial charge in [0.05, 0.1) is 20.2 Å². The molecule has 0 bridgehead atoms. The maximum absolute atomic E-state index is 11.9. The molecule has 6 nitrogen and oxygen atoms in total. The zero-order valence-electron chi connectivity index (χ0n) is 11.8. The van der Waals surface area contributed by atoms with Gasteiger partial charge in [0.2, 0.25) is 0 Å². The summed E-state index contributed by atoms with van der Waals surface area (Å²) in [4.78, 5) is 26.8. The van der Waals surface area contributed by atoms with Crippen LogP contribution in [0.2, 0.25) is 0 Å². The van der Waals surface area contributed by atoms with Crippen LogP contribution in [-0.2, 0) is 14.3 Å². The first kappa shape index (κ1) is 14.7. The smallest absolute Gasteiger partial charge is 0.438 e. The number of methoxy groups -OCH3 is 1. The second kappa shape index (κ2) is 7.15. The molecule has 110 valence electrons. The fraction of sp³-hybridized carbons (Fsp3) is 0.714. The lowest BCUT2D eigenvalue weighted by Crippen LogP contribution is -2.32. The van der Waals surface area contributed by atoms with E-state index in [1.165, 1.54) is 20.0 Å². The molecule has 2 fully saturated rings. The Morgan fingerprint density at radius 2 is 1.95 bits per heavy atom. The lowest BCUT2D eigenvalue weighted by atomic mass is 10.3. The van der Waals surface area contributed by atoms with Gasteiger partial charge in [0.1, 0.15) is 0 Å². The van der Waals surface area contributed by atoms with Crippen molar-refractivity contribution in [2.45, 2.75) is 25.4 Å². The fourth-order valence-electron chi connectivity index (χ4n) is 2.40. The number of carbonyl (C=O) groups excluding carboxylic acids is 2. The molecule has 2 saturated heterocycles. The number of likely N-dealkylation sites (tertiary alicyclic amines) is 2. The molecule has 0 saturated carbocycles. The molecule has 1 amide bonds. The molecule has 0 aromatic carbocycles. The Kier molecular flexibility index (Phi) is 5.24. The van der Waals surface area contributed by atoms with Crippen LogP contribution in [0.3, 0.4) is 0 Å². The van der Waals surface area contributed by atoms with Gasteiger partial charge in [-0.15, -0.1) is 0 Å². The molecule has 0 aliphatic carbocycles. The van der Waals surface area contributed by atoms with E-state index in [1.807, 2.05) is 0 Å². The van der Waals surface area contributed by atoms with Gasteiger partial charge >= 0.3 is 6.16 Å². The molecular weight excluding hydrogens is 260 g/mol. The molecule has 0 radical (unpaired) electrons. The number of carbonyl (C=O) groups is 2. The second-order valence-electron chi connectivity index (χ2n) is 4.95. The Morgan fingerprint density at radius 1 is 1.25 bits per heavy atom. The molecule has 2 rings (SSSR count). The summed E-state index contributed by atoms with van der Waals surface area (Å²) >= 11 is 0. The van der Waals surface area contributed by atoms with Crippen molar-refractivity contribution in [3.05, 3.63) is 0 Å². The number of hydrogen-bond donors (Lipinski definition) is 0. The van der Waals surface area contributed by atoms with Crippen molar-refractivity contribution in [3.8, 4) is 11.8 Å². The third-order valence-electron chi connectivity index (χ3n) is 3.55. The summed E-state index contributed by atoms with van der Waals surface area (Å²) in [6, 6.07) is 0. The predicted molar refractivity (Wildman–Crippen MR) is 71.9 cm³/mol. The number of hydrogen-bond acceptors (Lipinski definition) is 5. The summed E-state index contributed by atoms with van der Waals surface area (Å²) in [5, 5.41) is 0. The molecule has 1 atom stereocenters. The lowest BCUT2D eigenvalue weighted by Gasteiger charge is -2.13. The summed E-state index contributed by atoms with van der Waals surface area (Å²) in [5.41, 5.74) is 0. The Labute approximate surface area is 119 Å². The van der Waals surface area contributed by atoms with Crippen LogP contribution in [0.15, 0.2) is 0 Å². The predicted octanol–water partition coefficient (Wildman–Crippen LogP) is 0.469. The Hall–Kier alpha value is -1.74. The minimum absolute atomic E-state index is 0.189. The van der Waals surface area contributed by atoms with Crippen molar-refractivity contribution in [2.24, 2.45) is 0 Å². The highest BCUT2D eigenvalue weighted by molar-refractivity contribution is 5.85. The van der Waals surface area contributed by atoms with Crippen LogP contribution in [0.5, 0.6) is 0 Å². The molecule has 0 aromatic heterocycles. The molecule has 20 heavy (non-hydrogen) atoms. The maximum atomic E-state index is 11.9. The van der Waals surface area contributed by atoms with E-state index in [0.29, 0.717) is 19.5 Å². The molecule has 0 N–H and O–H groups in total. The monoisotopic (exact) mass is 280 g/mol. The third-order valence-corrected chi connectivity index (χ3v) is 3.55. The van der Waals surface area contributed by atoms with Crippen molar-refractivity contribution < 1.29 is 19.1 Å². The molecule has 6 heteroatoms. The first-order valence-corrected chi connectivity index (χ1v) is 6.92. The van der Waals surface area contributed by atoms with Crippen molar-refractivity contribution in [2.75, 3.05) is 39.8 Å². The Bertz CT molecular complexity index is 421. The van der Waals surface area contributed by atoms with Gasteiger partial charge in [-0.3, -0.25) is 9.69 Å². The zero-order chi connectivity index (χ0) is 14.4. The summed E-state index contributed by atoms with van der Waals surface area (Å²) in [6.07, 6.45) is 1.47. The first-order valence-electron chi connectivity index (χ1n) is 6.92. The van der Waals surface area contributed by atoms with Gasteiger partial charge in [-0.1, -0.05) is 11.8 Å². The average Bonchev–Trinajstić information content (AvgIpc) is 3.07. The molecule has 0 aromatic rings. The van der Waals surface area contributed by atoms with E-state index in [0.717, 1.165) is 19.6 Å². The Morgan fingerprint density at radius 3 is 2.65 bits per heavy atom. The van der Waals surface area contributed by atoms with E-state index >= 15 is 0 Å². The van der Waals surface area contributed by atoms with E-state index in [1.54, 1.807) is 4.90 Å². The van der Waals surface area contributed by atoms with Crippen LogP contribution in [0.25, 0.3) is 0 Å². The van der Waals surface area contributed by atoms with Crippen LogP contribution < -0.4 is 0 Å². The summed E-state index contributed by atoms with van der Waals surface area (Å²) in [6.45, 7) is 3.97. The molecule has 0 unspecified atom stereocenters. The van der Waals surface area contributed by atoms with Crippen LogP contribution in [0.1, 0.15) is 19.3 Å². The van der Waals surface area contributed by atoms with Gasteiger partial charge in [0.15, 0.2) is 6.10 Å². The molecule has 2 aliphatic heterocycles. The van der Waals surface area contributed by atoms with Gasteiger partial charge in [-0.25, -0.2) is 4.79 Å². The average molecular weight is 280 g/mol. The highest BCUT2D eigenvalue weighted by atomic mass is 16.7. The van der Waals surface area contributed by atoms with Crippen LogP contribution in [0, 0.1) is 11.8 Å². The SMILES string of the molecule is COC(=O)O[C@@H]1CCN(CC#CCN2CCCC2)C1=O.